The SMILES string of the molecule is Cc1cccc(-n2cc(-c3ccc(Cl)cc3)nc2NC(=O)CN(CC(C)C)C(=O)c2ccccc2C)c1. The van der Waals surface area contributed by atoms with Gasteiger partial charge < -0.3 is 4.90 Å². The Morgan fingerprint density at radius 2 is 1.73 bits per heavy atom. The van der Waals surface area contributed by atoms with E-state index in [1.165, 1.54) is 0 Å². The maximum absolute atomic E-state index is 13.3. The van der Waals surface area contributed by atoms with Crippen molar-refractivity contribution >= 4 is 29.4 Å². The lowest BCUT2D eigenvalue weighted by atomic mass is 10.1. The van der Waals surface area contributed by atoms with Gasteiger partial charge in [0.05, 0.1) is 5.69 Å². The number of nitrogens with one attached hydrogen (secondary N) is 1. The van der Waals surface area contributed by atoms with Crippen molar-refractivity contribution in [2.24, 2.45) is 5.92 Å². The summed E-state index contributed by atoms with van der Waals surface area (Å²) in [6.45, 7) is 8.35. The molecule has 0 aliphatic heterocycles. The van der Waals surface area contributed by atoms with E-state index in [-0.39, 0.29) is 24.3 Å². The van der Waals surface area contributed by atoms with Crippen LogP contribution in [0, 0.1) is 19.8 Å². The third-order valence-electron chi connectivity index (χ3n) is 5.96. The fourth-order valence-corrected chi connectivity index (χ4v) is 4.31. The molecule has 7 heteroatoms. The summed E-state index contributed by atoms with van der Waals surface area (Å²) in [4.78, 5) is 33.0. The summed E-state index contributed by atoms with van der Waals surface area (Å²) in [7, 11) is 0. The third-order valence-corrected chi connectivity index (χ3v) is 6.21. The van der Waals surface area contributed by atoms with Gasteiger partial charge in [0.15, 0.2) is 0 Å². The van der Waals surface area contributed by atoms with Crippen molar-refractivity contribution in [3.8, 4) is 16.9 Å². The van der Waals surface area contributed by atoms with Crippen LogP contribution in [0.5, 0.6) is 0 Å². The van der Waals surface area contributed by atoms with Gasteiger partial charge in [0.25, 0.3) is 5.91 Å². The van der Waals surface area contributed by atoms with Gasteiger partial charge in [-0.3, -0.25) is 19.5 Å². The molecule has 2 amide bonds. The molecular formula is C30H31ClN4O2. The van der Waals surface area contributed by atoms with Crippen LogP contribution >= 0.6 is 11.6 Å². The fourth-order valence-electron chi connectivity index (χ4n) is 4.18. The van der Waals surface area contributed by atoms with Crippen LogP contribution < -0.4 is 5.32 Å². The first-order valence-electron chi connectivity index (χ1n) is 12.3. The minimum Gasteiger partial charge on any atom is -0.329 e. The number of carbonyl (C=O) groups excluding carboxylic acids is 2. The normalized spacial score (nSPS) is 11.0. The Kier molecular flexibility index (Phi) is 8.09. The lowest BCUT2D eigenvalue weighted by Gasteiger charge is -2.25. The number of hydrogen-bond donors (Lipinski definition) is 1. The number of anilines is 1. The Morgan fingerprint density at radius 3 is 2.41 bits per heavy atom. The van der Waals surface area contributed by atoms with E-state index in [0.717, 1.165) is 22.4 Å². The minimum absolute atomic E-state index is 0.0810. The zero-order valence-corrected chi connectivity index (χ0v) is 22.3. The molecule has 3 aromatic carbocycles. The van der Waals surface area contributed by atoms with Crippen molar-refractivity contribution < 1.29 is 9.59 Å². The molecule has 0 unspecified atom stereocenters. The largest absolute Gasteiger partial charge is 0.329 e. The highest BCUT2D eigenvalue weighted by molar-refractivity contribution is 6.30. The van der Waals surface area contributed by atoms with Crippen molar-refractivity contribution in [3.63, 3.8) is 0 Å². The van der Waals surface area contributed by atoms with Gasteiger partial charge in [-0.1, -0.05) is 67.9 Å². The van der Waals surface area contributed by atoms with Crippen molar-refractivity contribution in [1.82, 2.24) is 14.5 Å². The summed E-state index contributed by atoms with van der Waals surface area (Å²) in [5.74, 6) is 0.107. The summed E-state index contributed by atoms with van der Waals surface area (Å²) in [5, 5.41) is 3.59. The van der Waals surface area contributed by atoms with Crippen molar-refractivity contribution in [2.45, 2.75) is 27.7 Å². The number of rotatable bonds is 8. The van der Waals surface area contributed by atoms with Crippen LogP contribution in [0.2, 0.25) is 5.02 Å². The number of amides is 2. The Balaban J connectivity index is 1.63. The highest BCUT2D eigenvalue weighted by Crippen LogP contribution is 2.26. The molecule has 190 valence electrons. The molecule has 0 bridgehead atoms. The second-order valence-corrected chi connectivity index (χ2v) is 10.0. The highest BCUT2D eigenvalue weighted by Gasteiger charge is 2.22. The van der Waals surface area contributed by atoms with E-state index in [2.05, 4.69) is 5.32 Å². The Bertz CT molecular complexity index is 1410. The molecule has 0 fully saturated rings. The van der Waals surface area contributed by atoms with Crippen molar-refractivity contribution in [2.75, 3.05) is 18.4 Å². The van der Waals surface area contributed by atoms with Gasteiger partial charge in [-0.15, -0.1) is 0 Å². The molecule has 0 atom stereocenters. The molecule has 0 spiro atoms. The summed E-state index contributed by atoms with van der Waals surface area (Å²) in [5.41, 5.74) is 5.01. The van der Waals surface area contributed by atoms with E-state index in [4.69, 9.17) is 16.6 Å². The molecule has 1 N–H and O–H groups in total. The summed E-state index contributed by atoms with van der Waals surface area (Å²) < 4.78 is 1.85. The van der Waals surface area contributed by atoms with E-state index < -0.39 is 0 Å². The molecular weight excluding hydrogens is 484 g/mol. The first kappa shape index (κ1) is 26.2. The number of aryl methyl sites for hydroxylation is 2. The van der Waals surface area contributed by atoms with Crippen LogP contribution in [0.1, 0.15) is 35.3 Å². The van der Waals surface area contributed by atoms with Crippen LogP contribution in [0.15, 0.2) is 79.0 Å². The molecule has 0 aliphatic rings. The molecule has 0 aliphatic carbocycles. The van der Waals surface area contributed by atoms with Crippen LogP contribution in [-0.4, -0.2) is 39.4 Å². The maximum atomic E-state index is 13.3. The van der Waals surface area contributed by atoms with E-state index in [1.807, 2.05) is 105 Å². The topological polar surface area (TPSA) is 67.2 Å². The zero-order valence-electron chi connectivity index (χ0n) is 21.5. The number of nitrogens with zero attached hydrogens (tertiary/aromatic N) is 3. The second-order valence-electron chi connectivity index (χ2n) is 9.61. The first-order valence-corrected chi connectivity index (χ1v) is 12.7. The molecule has 4 aromatic rings. The second kappa shape index (κ2) is 11.4. The predicted molar refractivity (Wildman–Crippen MR) is 149 cm³/mol. The number of halogens is 1. The van der Waals surface area contributed by atoms with E-state index >= 15 is 0 Å². The molecule has 6 nitrogen and oxygen atoms in total. The number of hydrogen-bond acceptors (Lipinski definition) is 3. The van der Waals surface area contributed by atoms with Gasteiger partial charge in [-0.2, -0.15) is 0 Å². The molecule has 0 saturated carbocycles. The Morgan fingerprint density at radius 1 is 1.00 bits per heavy atom. The predicted octanol–water partition coefficient (Wildman–Crippen LogP) is 6.55. The van der Waals surface area contributed by atoms with E-state index in [0.29, 0.717) is 28.8 Å². The van der Waals surface area contributed by atoms with Crippen LogP contribution in [0.3, 0.4) is 0 Å². The summed E-state index contributed by atoms with van der Waals surface area (Å²) in [6.07, 6.45) is 1.89. The number of imidazole rings is 1. The van der Waals surface area contributed by atoms with E-state index in [1.54, 1.807) is 11.0 Å². The average molecular weight is 515 g/mol. The first-order chi connectivity index (χ1) is 17.7. The number of benzene rings is 3. The van der Waals surface area contributed by atoms with Crippen molar-refractivity contribution in [3.05, 3.63) is 101 Å². The van der Waals surface area contributed by atoms with Crippen LogP contribution in [0.25, 0.3) is 16.9 Å². The van der Waals surface area contributed by atoms with Crippen LogP contribution in [-0.2, 0) is 4.79 Å². The van der Waals surface area contributed by atoms with Gasteiger partial charge in [-0.25, -0.2) is 4.98 Å². The van der Waals surface area contributed by atoms with Gasteiger partial charge in [0.1, 0.15) is 6.54 Å². The molecule has 1 aromatic heterocycles. The highest BCUT2D eigenvalue weighted by atomic mass is 35.5. The molecule has 37 heavy (non-hydrogen) atoms. The summed E-state index contributed by atoms with van der Waals surface area (Å²) >= 11 is 6.07. The lowest BCUT2D eigenvalue weighted by molar-refractivity contribution is -0.117. The molecule has 1 heterocycles. The monoisotopic (exact) mass is 514 g/mol. The van der Waals surface area contributed by atoms with Crippen molar-refractivity contribution in [1.29, 1.82) is 0 Å². The molecule has 4 rings (SSSR count). The molecule has 0 saturated heterocycles. The van der Waals surface area contributed by atoms with Crippen LogP contribution in [0.4, 0.5) is 5.95 Å². The number of carbonyl (C=O) groups is 2. The maximum Gasteiger partial charge on any atom is 0.254 e. The van der Waals surface area contributed by atoms with Gasteiger partial charge >= 0.3 is 0 Å². The van der Waals surface area contributed by atoms with Gasteiger partial charge in [0.2, 0.25) is 11.9 Å². The Hall–Kier alpha value is -3.90. The quantitative estimate of drug-likeness (QED) is 0.290. The van der Waals surface area contributed by atoms with Gasteiger partial charge in [-0.05, 0) is 61.2 Å². The molecule has 0 radical (unpaired) electrons. The average Bonchev–Trinajstić information content (AvgIpc) is 3.27. The fraction of sp³-hybridized carbons (Fsp3) is 0.233. The summed E-state index contributed by atoms with van der Waals surface area (Å²) in [6, 6.07) is 22.8. The van der Waals surface area contributed by atoms with Gasteiger partial charge in [0, 0.05) is 34.6 Å². The Labute approximate surface area is 222 Å². The standard InChI is InChI=1S/C30H31ClN4O2/c1-20(2)17-34(29(37)26-11-6-5-9-22(26)4)19-28(36)33-30-32-27(23-12-14-24(31)15-13-23)18-35(30)25-10-7-8-21(3)16-25/h5-16,18,20H,17,19H2,1-4H3,(H,32,33,36). The number of aromatic nitrogens is 2. The van der Waals surface area contributed by atoms with E-state index in [9.17, 15) is 9.59 Å². The minimum atomic E-state index is -0.315. The smallest absolute Gasteiger partial charge is 0.254 e. The third kappa shape index (κ3) is 6.46. The lowest BCUT2D eigenvalue weighted by Crippen LogP contribution is -2.40. The zero-order chi connectivity index (χ0) is 26.5.